The zero-order valence-electron chi connectivity index (χ0n) is 20.6. The Labute approximate surface area is 212 Å². The molecule has 1 saturated heterocycles. The van der Waals surface area contributed by atoms with Gasteiger partial charge in [0, 0.05) is 22.4 Å². The summed E-state index contributed by atoms with van der Waals surface area (Å²) in [6.45, 7) is 7.16. The highest BCUT2D eigenvalue weighted by atomic mass is 32.1. The Balaban J connectivity index is 1.61. The minimum atomic E-state index is -0.535. The molecule has 1 aliphatic rings. The predicted molar refractivity (Wildman–Crippen MR) is 138 cm³/mol. The number of thiophene rings is 1. The summed E-state index contributed by atoms with van der Waals surface area (Å²) in [6, 6.07) is 8.03. The number of aryl methyl sites for hydroxylation is 2. The Hall–Kier alpha value is -3.79. The van der Waals surface area contributed by atoms with Crippen LogP contribution in [-0.2, 0) is 6.42 Å². The van der Waals surface area contributed by atoms with E-state index in [1.807, 2.05) is 24.3 Å². The van der Waals surface area contributed by atoms with Crippen LogP contribution in [0.15, 0.2) is 40.0 Å². The van der Waals surface area contributed by atoms with Crippen molar-refractivity contribution in [1.82, 2.24) is 10.3 Å². The molecule has 1 aliphatic heterocycles. The van der Waals surface area contributed by atoms with Gasteiger partial charge < -0.3 is 10.8 Å². The molecule has 186 valence electrons. The molecular weight excluding hydrogens is 476 g/mol. The number of carbonyl (C=O) groups is 1. The van der Waals surface area contributed by atoms with E-state index in [4.69, 9.17) is 10.3 Å². The number of anilines is 1. The number of pyridine rings is 1. The molecule has 0 bridgehead atoms. The number of ketones is 1. The number of nitrogens with zero attached hydrogens (tertiary/aromatic N) is 5. The summed E-state index contributed by atoms with van der Waals surface area (Å²) < 4.78 is 5.30. The molecule has 2 N–H and O–H groups in total. The monoisotopic (exact) mass is 504 g/mol. The third kappa shape index (κ3) is 4.32. The van der Waals surface area contributed by atoms with Crippen molar-refractivity contribution in [3.8, 4) is 11.1 Å². The van der Waals surface area contributed by atoms with Crippen LogP contribution in [0.5, 0.6) is 0 Å². The number of Topliss-reactive ketones (excluding diaryl/α,β-unsaturated/α-hetero) is 1. The van der Waals surface area contributed by atoms with E-state index in [0.717, 1.165) is 37.9 Å². The lowest BCUT2D eigenvalue weighted by Gasteiger charge is -2.17. The van der Waals surface area contributed by atoms with Gasteiger partial charge in [-0.05, 0) is 50.7 Å². The summed E-state index contributed by atoms with van der Waals surface area (Å²) in [4.78, 5) is 23.9. The first kappa shape index (κ1) is 23.9. The Morgan fingerprint density at radius 1 is 1.25 bits per heavy atom. The highest BCUT2D eigenvalue weighted by molar-refractivity contribution is 7.21. The number of fused-ring (bicyclic) bond motifs is 1. The summed E-state index contributed by atoms with van der Waals surface area (Å²) in [6.07, 6.45) is 5.87. The van der Waals surface area contributed by atoms with Crippen molar-refractivity contribution in [2.45, 2.75) is 46.5 Å². The van der Waals surface area contributed by atoms with Crippen LogP contribution in [-0.4, -0.2) is 35.0 Å². The van der Waals surface area contributed by atoms with Crippen molar-refractivity contribution in [2.24, 2.45) is 4.99 Å². The van der Waals surface area contributed by atoms with Crippen molar-refractivity contribution in [1.29, 1.82) is 0 Å². The average Bonchev–Trinajstić information content (AvgIpc) is 3.48. The maximum Gasteiger partial charge on any atom is 0.324 e. The summed E-state index contributed by atoms with van der Waals surface area (Å²) >= 11 is 1.17. The highest BCUT2D eigenvalue weighted by Crippen LogP contribution is 2.42. The molecule has 0 saturated carbocycles. The molecule has 4 heterocycles. The number of carbonyl (C=O) groups excluding carboxylic acids is 1. The summed E-state index contributed by atoms with van der Waals surface area (Å²) in [5.41, 5.74) is 10.6. The van der Waals surface area contributed by atoms with Gasteiger partial charge in [-0.15, -0.1) is 11.3 Å². The molecule has 10 heteroatoms. The van der Waals surface area contributed by atoms with E-state index in [2.05, 4.69) is 27.2 Å². The van der Waals surface area contributed by atoms with Crippen LogP contribution in [0.4, 0.5) is 11.6 Å². The van der Waals surface area contributed by atoms with Crippen molar-refractivity contribution >= 4 is 44.8 Å². The Morgan fingerprint density at radius 3 is 2.64 bits per heavy atom. The fourth-order valence-corrected chi connectivity index (χ4v) is 5.73. The van der Waals surface area contributed by atoms with Crippen LogP contribution >= 0.6 is 11.3 Å². The second kappa shape index (κ2) is 9.69. The number of aliphatic imine (C=N–C) groups is 1. The fourth-order valence-electron chi connectivity index (χ4n) is 4.70. The van der Waals surface area contributed by atoms with Gasteiger partial charge in [0.15, 0.2) is 5.78 Å². The number of aromatic nitrogens is 3. The van der Waals surface area contributed by atoms with Crippen LogP contribution in [0, 0.1) is 6.92 Å². The molecule has 1 aromatic carbocycles. The summed E-state index contributed by atoms with van der Waals surface area (Å²) in [5, 5.41) is 19.8. The Kier molecular flexibility index (Phi) is 6.44. The van der Waals surface area contributed by atoms with E-state index in [0.29, 0.717) is 27.0 Å². The Morgan fingerprint density at radius 2 is 1.97 bits per heavy atom. The van der Waals surface area contributed by atoms with Gasteiger partial charge in [0.1, 0.15) is 4.83 Å². The minimum absolute atomic E-state index is 0.103. The molecule has 36 heavy (non-hydrogen) atoms. The van der Waals surface area contributed by atoms with Crippen LogP contribution in [0.3, 0.4) is 0 Å². The lowest BCUT2D eigenvalue weighted by molar-refractivity contribution is -0.759. The Bertz CT molecular complexity index is 1470. The third-order valence-corrected chi connectivity index (χ3v) is 7.62. The second-order valence-electron chi connectivity index (χ2n) is 8.97. The van der Waals surface area contributed by atoms with Crippen molar-refractivity contribution in [2.75, 3.05) is 23.8 Å². The molecule has 0 amide bonds. The maximum absolute atomic E-state index is 13.2. The molecule has 0 unspecified atom stereocenters. The van der Waals surface area contributed by atoms with Gasteiger partial charge in [-0.2, -0.15) is 5.01 Å². The molecular formula is C26H28N6O3S. The van der Waals surface area contributed by atoms with Crippen molar-refractivity contribution in [3.63, 3.8) is 0 Å². The summed E-state index contributed by atoms with van der Waals surface area (Å²) in [7, 11) is 0. The SMILES string of the molecule is CCc1ccc(-c2c(C(C)=O)c(C)nc3sc(/C([O-])=N/c4c[n+](N5CCCCC5)no4)c(N)c23)cc1. The number of rotatable bonds is 6. The molecule has 5 rings (SSSR count). The number of hydrogen-bond donors (Lipinski definition) is 1. The smallest absolute Gasteiger partial charge is 0.324 e. The van der Waals surface area contributed by atoms with Gasteiger partial charge in [0.25, 0.3) is 6.20 Å². The number of piperidine rings is 1. The van der Waals surface area contributed by atoms with Crippen LogP contribution in [0.2, 0.25) is 0 Å². The predicted octanol–water partition coefficient (Wildman–Crippen LogP) is 3.45. The van der Waals surface area contributed by atoms with E-state index in [1.54, 1.807) is 17.9 Å². The molecule has 3 aromatic heterocycles. The molecule has 4 aromatic rings. The van der Waals surface area contributed by atoms with Crippen molar-refractivity contribution < 1.29 is 19.2 Å². The zero-order valence-corrected chi connectivity index (χ0v) is 21.4. The van der Waals surface area contributed by atoms with E-state index in [9.17, 15) is 9.90 Å². The lowest BCUT2D eigenvalue weighted by atomic mass is 9.92. The van der Waals surface area contributed by atoms with Gasteiger partial charge in [0.05, 0.1) is 34.1 Å². The largest absolute Gasteiger partial charge is 0.857 e. The van der Waals surface area contributed by atoms with Gasteiger partial charge in [-0.3, -0.25) is 9.32 Å². The lowest BCUT2D eigenvalue weighted by Crippen LogP contribution is -2.60. The molecule has 0 radical (unpaired) electrons. The van der Waals surface area contributed by atoms with E-state index >= 15 is 0 Å². The normalized spacial score (nSPS) is 14.5. The first-order chi connectivity index (χ1) is 17.4. The number of nitrogens with two attached hydrogens (primary N) is 1. The van der Waals surface area contributed by atoms with Gasteiger partial charge in [0.2, 0.25) is 5.27 Å². The highest BCUT2D eigenvalue weighted by Gasteiger charge is 2.25. The molecule has 1 fully saturated rings. The average molecular weight is 505 g/mol. The van der Waals surface area contributed by atoms with E-state index in [1.165, 1.54) is 30.2 Å². The number of hydrogen-bond acceptors (Lipinski definition) is 9. The van der Waals surface area contributed by atoms with Crippen LogP contribution in [0.25, 0.3) is 21.3 Å². The molecule has 0 aliphatic carbocycles. The van der Waals surface area contributed by atoms with Gasteiger partial charge in [-0.25, -0.2) is 9.98 Å². The van der Waals surface area contributed by atoms with Gasteiger partial charge >= 0.3 is 5.88 Å². The topological polar surface area (TPSA) is 125 Å². The second-order valence-corrected chi connectivity index (χ2v) is 9.97. The first-order valence-corrected chi connectivity index (χ1v) is 12.9. The number of benzene rings is 1. The van der Waals surface area contributed by atoms with Crippen LogP contribution in [0.1, 0.15) is 59.6 Å². The quantitative estimate of drug-likeness (QED) is 0.184. The maximum atomic E-state index is 13.2. The molecule has 0 atom stereocenters. The van der Waals surface area contributed by atoms with Crippen molar-refractivity contribution in [3.05, 3.63) is 52.2 Å². The zero-order chi connectivity index (χ0) is 25.4. The summed E-state index contributed by atoms with van der Waals surface area (Å²) in [5.74, 6) is -0.540. The minimum Gasteiger partial charge on any atom is -0.857 e. The third-order valence-electron chi connectivity index (χ3n) is 6.53. The number of nitrogen functional groups attached to an aromatic ring is 1. The van der Waals surface area contributed by atoms with Crippen LogP contribution < -0.4 is 20.6 Å². The van der Waals surface area contributed by atoms with E-state index in [-0.39, 0.29) is 22.2 Å². The standard InChI is InChI=1S/C26H28N6O3S/c1-4-17-8-10-18(11-9-17)21-20(16(3)33)15(2)28-26-22(21)23(27)24(36-26)25(34)29-19-14-32(30-35-19)31-12-6-5-7-13-31/h8-11,14H,4-7,12-13H2,1-3H3,(H2-,27,29,30,34). The van der Waals surface area contributed by atoms with E-state index < -0.39 is 5.90 Å². The fraction of sp³-hybridized carbons (Fsp3) is 0.346. The molecule has 0 spiro atoms. The van der Waals surface area contributed by atoms with Gasteiger partial charge in [-0.1, -0.05) is 31.2 Å². The molecule has 9 nitrogen and oxygen atoms in total. The first-order valence-electron chi connectivity index (χ1n) is 12.1.